The zero-order valence-corrected chi connectivity index (χ0v) is 12.7. The zero-order chi connectivity index (χ0) is 15.7. The Morgan fingerprint density at radius 2 is 1.95 bits per heavy atom. The fourth-order valence-electron chi connectivity index (χ4n) is 2.05. The number of carbonyl (C=O) groups is 3. The number of benzene rings is 1. The van der Waals surface area contributed by atoms with Crippen molar-refractivity contribution in [3.05, 3.63) is 22.2 Å². The minimum atomic E-state index is -0.556. The molecular weight excluding hydrogens is 317 g/mol. The van der Waals surface area contributed by atoms with Crippen LogP contribution in [0, 0.1) is 5.92 Å². The summed E-state index contributed by atoms with van der Waals surface area (Å²) < 4.78 is 0. The van der Waals surface area contributed by atoms with Gasteiger partial charge in [-0.15, -0.1) is 0 Å². The largest absolute Gasteiger partial charge is 0.399 e. The van der Waals surface area contributed by atoms with Crippen LogP contribution in [0.2, 0.25) is 10.0 Å². The van der Waals surface area contributed by atoms with E-state index in [2.05, 4.69) is 5.32 Å². The second kappa shape index (κ2) is 5.91. The van der Waals surface area contributed by atoms with Crippen LogP contribution in [-0.2, 0) is 14.4 Å². The molecule has 2 rings (SSSR count). The molecular formula is C13H13Cl2N3O3. The summed E-state index contributed by atoms with van der Waals surface area (Å²) in [4.78, 5) is 36.2. The number of anilines is 2. The number of nitrogens with two attached hydrogens (primary N) is 1. The molecule has 0 bridgehead atoms. The lowest BCUT2D eigenvalue weighted by molar-refractivity contribution is -0.142. The lowest BCUT2D eigenvalue weighted by atomic mass is 10.1. The molecule has 3 amide bonds. The lowest BCUT2D eigenvalue weighted by Gasteiger charge is -2.15. The molecule has 1 aromatic carbocycles. The maximum Gasteiger partial charge on any atom is 0.244 e. The molecule has 8 heteroatoms. The van der Waals surface area contributed by atoms with Gasteiger partial charge in [0.05, 0.1) is 15.7 Å². The summed E-state index contributed by atoms with van der Waals surface area (Å²) in [6, 6.07) is 2.88. The molecule has 1 aromatic rings. The summed E-state index contributed by atoms with van der Waals surface area (Å²) in [7, 11) is 0. The van der Waals surface area contributed by atoms with Crippen LogP contribution in [0.4, 0.5) is 11.4 Å². The molecule has 0 aliphatic carbocycles. The highest BCUT2D eigenvalue weighted by molar-refractivity contribution is 6.40. The first-order chi connectivity index (χ1) is 9.79. The first-order valence-corrected chi connectivity index (χ1v) is 6.93. The highest BCUT2D eigenvalue weighted by atomic mass is 35.5. The normalized spacial score (nSPS) is 18.2. The van der Waals surface area contributed by atoms with Gasteiger partial charge < -0.3 is 11.1 Å². The predicted octanol–water partition coefficient (Wildman–Crippen LogP) is 1.91. The quantitative estimate of drug-likeness (QED) is 0.654. The number of carbonyl (C=O) groups excluding carboxylic acids is 3. The number of nitrogens with zero attached hydrogens (tertiary/aromatic N) is 1. The molecule has 1 heterocycles. The molecule has 1 aliphatic heterocycles. The predicted molar refractivity (Wildman–Crippen MR) is 80.0 cm³/mol. The van der Waals surface area contributed by atoms with Gasteiger partial charge in [-0.05, 0) is 12.1 Å². The summed E-state index contributed by atoms with van der Waals surface area (Å²) in [5.74, 6) is -1.67. The number of nitrogen functional groups attached to an aromatic ring is 1. The molecule has 6 nitrogen and oxygen atoms in total. The molecule has 1 fully saturated rings. The highest BCUT2D eigenvalue weighted by Gasteiger charge is 2.36. The van der Waals surface area contributed by atoms with Crippen LogP contribution in [0.1, 0.15) is 13.3 Å². The van der Waals surface area contributed by atoms with E-state index in [-0.39, 0.29) is 40.5 Å². The first kappa shape index (κ1) is 15.6. The number of nitrogens with one attached hydrogen (secondary N) is 1. The third kappa shape index (κ3) is 3.28. The molecule has 0 aromatic heterocycles. The average Bonchev–Trinajstić information content (AvgIpc) is 2.60. The number of amides is 3. The number of likely N-dealkylation sites (tertiary alicyclic amines) is 1. The third-order valence-corrected chi connectivity index (χ3v) is 3.70. The van der Waals surface area contributed by atoms with Crippen LogP contribution in [0.3, 0.4) is 0 Å². The average molecular weight is 330 g/mol. The number of hydrogen-bond acceptors (Lipinski definition) is 4. The Labute approximate surface area is 131 Å². The van der Waals surface area contributed by atoms with Gasteiger partial charge >= 0.3 is 0 Å². The van der Waals surface area contributed by atoms with Crippen molar-refractivity contribution < 1.29 is 14.4 Å². The minimum Gasteiger partial charge on any atom is -0.399 e. The van der Waals surface area contributed by atoms with Crippen LogP contribution in [0.5, 0.6) is 0 Å². The summed E-state index contributed by atoms with van der Waals surface area (Å²) in [5.41, 5.74) is 6.13. The van der Waals surface area contributed by atoms with E-state index in [1.54, 1.807) is 6.92 Å². The number of imide groups is 1. The fourth-order valence-corrected chi connectivity index (χ4v) is 2.65. The zero-order valence-electron chi connectivity index (χ0n) is 11.2. The Hall–Kier alpha value is -1.79. The van der Waals surface area contributed by atoms with Gasteiger partial charge in [0.15, 0.2) is 0 Å². The molecule has 1 saturated heterocycles. The Kier molecular flexibility index (Phi) is 4.39. The maximum absolute atomic E-state index is 11.9. The molecule has 21 heavy (non-hydrogen) atoms. The van der Waals surface area contributed by atoms with Gasteiger partial charge in [0.25, 0.3) is 0 Å². The van der Waals surface area contributed by atoms with Crippen molar-refractivity contribution in [3.63, 3.8) is 0 Å². The standard InChI is InChI=1S/C13H13Cl2N3O3/c1-6-2-11(20)18(13(6)21)5-10(19)17-12-8(14)3-7(16)4-9(12)15/h3-4,6H,2,5,16H2,1H3,(H,17,19). The smallest absolute Gasteiger partial charge is 0.244 e. The monoisotopic (exact) mass is 329 g/mol. The van der Waals surface area contributed by atoms with Gasteiger partial charge in [0, 0.05) is 18.0 Å². The Bertz CT molecular complexity index is 610. The van der Waals surface area contributed by atoms with Crippen molar-refractivity contribution in [2.75, 3.05) is 17.6 Å². The molecule has 0 radical (unpaired) electrons. The summed E-state index contributed by atoms with van der Waals surface area (Å²) in [5, 5.41) is 2.85. The molecule has 1 unspecified atom stereocenters. The van der Waals surface area contributed by atoms with E-state index in [0.717, 1.165) is 4.90 Å². The van der Waals surface area contributed by atoms with Crippen molar-refractivity contribution in [2.24, 2.45) is 5.92 Å². The Balaban J connectivity index is 2.10. The topological polar surface area (TPSA) is 92.5 Å². The van der Waals surface area contributed by atoms with Gasteiger partial charge in [-0.1, -0.05) is 30.1 Å². The van der Waals surface area contributed by atoms with Gasteiger partial charge in [0.2, 0.25) is 17.7 Å². The van der Waals surface area contributed by atoms with Gasteiger partial charge in [-0.3, -0.25) is 19.3 Å². The highest BCUT2D eigenvalue weighted by Crippen LogP contribution is 2.32. The fraction of sp³-hybridized carbons (Fsp3) is 0.308. The van der Waals surface area contributed by atoms with Gasteiger partial charge in [0.1, 0.15) is 6.54 Å². The maximum atomic E-state index is 11.9. The molecule has 1 atom stereocenters. The first-order valence-electron chi connectivity index (χ1n) is 6.18. The third-order valence-electron chi connectivity index (χ3n) is 3.10. The van der Waals surface area contributed by atoms with E-state index >= 15 is 0 Å². The van der Waals surface area contributed by atoms with Crippen molar-refractivity contribution >= 4 is 52.3 Å². The van der Waals surface area contributed by atoms with Gasteiger partial charge in [-0.25, -0.2) is 0 Å². The second-order valence-corrected chi connectivity index (χ2v) is 5.65. The van der Waals surface area contributed by atoms with Crippen molar-refractivity contribution in [1.29, 1.82) is 0 Å². The van der Waals surface area contributed by atoms with E-state index < -0.39 is 11.8 Å². The van der Waals surface area contributed by atoms with Crippen LogP contribution < -0.4 is 11.1 Å². The SMILES string of the molecule is CC1CC(=O)N(CC(=O)Nc2c(Cl)cc(N)cc2Cl)C1=O. The minimum absolute atomic E-state index is 0.121. The summed E-state index contributed by atoms with van der Waals surface area (Å²) in [6.45, 7) is 1.28. The molecule has 112 valence electrons. The molecule has 0 spiro atoms. The second-order valence-electron chi connectivity index (χ2n) is 4.83. The van der Waals surface area contributed by atoms with Crippen LogP contribution >= 0.6 is 23.2 Å². The van der Waals surface area contributed by atoms with Crippen LogP contribution in [-0.4, -0.2) is 29.2 Å². The van der Waals surface area contributed by atoms with E-state index in [1.807, 2.05) is 0 Å². The van der Waals surface area contributed by atoms with Crippen molar-refractivity contribution in [3.8, 4) is 0 Å². The van der Waals surface area contributed by atoms with Crippen molar-refractivity contribution in [1.82, 2.24) is 4.90 Å². The van der Waals surface area contributed by atoms with E-state index in [9.17, 15) is 14.4 Å². The van der Waals surface area contributed by atoms with Crippen molar-refractivity contribution in [2.45, 2.75) is 13.3 Å². The van der Waals surface area contributed by atoms with E-state index in [4.69, 9.17) is 28.9 Å². The summed E-state index contributed by atoms with van der Waals surface area (Å²) in [6.07, 6.45) is 0.121. The molecule has 1 aliphatic rings. The number of rotatable bonds is 3. The lowest BCUT2D eigenvalue weighted by Crippen LogP contribution is -2.37. The van der Waals surface area contributed by atoms with Crippen LogP contribution in [0.25, 0.3) is 0 Å². The Morgan fingerprint density at radius 3 is 2.43 bits per heavy atom. The summed E-state index contributed by atoms with van der Waals surface area (Å²) >= 11 is 11.9. The van der Waals surface area contributed by atoms with Crippen LogP contribution in [0.15, 0.2) is 12.1 Å². The van der Waals surface area contributed by atoms with Gasteiger partial charge in [-0.2, -0.15) is 0 Å². The number of halogens is 2. The van der Waals surface area contributed by atoms with E-state index in [0.29, 0.717) is 5.69 Å². The Morgan fingerprint density at radius 1 is 1.38 bits per heavy atom. The van der Waals surface area contributed by atoms with E-state index in [1.165, 1.54) is 12.1 Å². The molecule has 0 saturated carbocycles. The number of hydrogen-bond donors (Lipinski definition) is 2. The molecule has 3 N–H and O–H groups in total.